The van der Waals surface area contributed by atoms with Crippen molar-refractivity contribution in [2.45, 2.75) is 20.4 Å². The first-order valence-corrected chi connectivity index (χ1v) is 8.12. The fraction of sp³-hybridized carbons (Fsp3) is 0.150. The van der Waals surface area contributed by atoms with Gasteiger partial charge in [-0.15, -0.1) is 10.2 Å². The number of nitrogens with zero attached hydrogens (tertiary/aromatic N) is 2. The van der Waals surface area contributed by atoms with E-state index in [0.29, 0.717) is 23.7 Å². The van der Waals surface area contributed by atoms with E-state index in [9.17, 15) is 4.79 Å². The first kappa shape index (κ1) is 16.6. The molecule has 0 atom stereocenters. The topological polar surface area (TPSA) is 66.9 Å². The number of hydrogen-bond donors (Lipinski definition) is 2. The lowest BCUT2D eigenvalue weighted by molar-refractivity contribution is 0.102. The van der Waals surface area contributed by atoms with Crippen LogP contribution in [0, 0.1) is 13.8 Å². The molecule has 1 aromatic heterocycles. The van der Waals surface area contributed by atoms with Crippen molar-refractivity contribution in [3.8, 4) is 0 Å². The summed E-state index contributed by atoms with van der Waals surface area (Å²) >= 11 is 0. The number of hydrogen-bond acceptors (Lipinski definition) is 4. The lowest BCUT2D eigenvalue weighted by atomic mass is 10.1. The van der Waals surface area contributed by atoms with Gasteiger partial charge in [-0.2, -0.15) is 0 Å². The summed E-state index contributed by atoms with van der Waals surface area (Å²) in [5, 5.41) is 14.1. The summed E-state index contributed by atoms with van der Waals surface area (Å²) in [5.41, 5.74) is 4.14. The normalized spacial score (nSPS) is 10.3. The van der Waals surface area contributed by atoms with Gasteiger partial charge < -0.3 is 10.6 Å². The molecular weight excluding hydrogens is 312 g/mol. The van der Waals surface area contributed by atoms with Gasteiger partial charge >= 0.3 is 0 Å². The van der Waals surface area contributed by atoms with E-state index in [1.807, 2.05) is 31.2 Å². The van der Waals surface area contributed by atoms with Gasteiger partial charge in [0, 0.05) is 12.1 Å². The minimum absolute atomic E-state index is 0.199. The monoisotopic (exact) mass is 332 g/mol. The van der Waals surface area contributed by atoms with Crippen LogP contribution in [0.2, 0.25) is 0 Å². The van der Waals surface area contributed by atoms with Crippen LogP contribution in [0.4, 0.5) is 11.6 Å². The number of benzene rings is 2. The fourth-order valence-electron chi connectivity index (χ4n) is 2.38. The third-order valence-corrected chi connectivity index (χ3v) is 3.94. The molecule has 0 radical (unpaired) electrons. The molecule has 5 nitrogen and oxygen atoms in total. The maximum Gasteiger partial charge on any atom is 0.256 e. The molecule has 0 aliphatic heterocycles. The van der Waals surface area contributed by atoms with Gasteiger partial charge in [0.15, 0.2) is 5.82 Å². The maximum atomic E-state index is 12.2. The molecule has 0 spiro atoms. The molecule has 1 heterocycles. The zero-order valence-electron chi connectivity index (χ0n) is 14.3. The minimum Gasteiger partial charge on any atom is -0.364 e. The second kappa shape index (κ2) is 7.57. The van der Waals surface area contributed by atoms with Crippen molar-refractivity contribution in [3.63, 3.8) is 0 Å². The summed E-state index contributed by atoms with van der Waals surface area (Å²) in [4.78, 5) is 12.2. The van der Waals surface area contributed by atoms with Gasteiger partial charge in [0.25, 0.3) is 5.91 Å². The van der Waals surface area contributed by atoms with Crippen LogP contribution >= 0.6 is 0 Å². The van der Waals surface area contributed by atoms with Crippen LogP contribution in [0.15, 0.2) is 60.7 Å². The SMILES string of the molecule is Cc1ccc(C(=O)Nc2ccc(NCc3ccccc3C)nn2)cc1. The number of amides is 1. The standard InChI is InChI=1S/C20H20N4O/c1-14-7-9-16(10-8-14)20(25)22-19-12-11-18(23-24-19)21-13-17-6-4-3-5-15(17)2/h3-12H,13H2,1-2H3,(H,21,23)(H,22,24,25). The Morgan fingerprint density at radius 1 is 0.880 bits per heavy atom. The highest BCUT2D eigenvalue weighted by atomic mass is 16.1. The Kier molecular flexibility index (Phi) is 5.04. The second-order valence-electron chi connectivity index (χ2n) is 5.90. The molecule has 1 amide bonds. The first-order valence-electron chi connectivity index (χ1n) is 8.12. The van der Waals surface area contributed by atoms with Crippen molar-refractivity contribution in [2.24, 2.45) is 0 Å². The van der Waals surface area contributed by atoms with E-state index in [1.165, 1.54) is 11.1 Å². The molecule has 2 aromatic carbocycles. The second-order valence-corrected chi connectivity index (χ2v) is 5.90. The minimum atomic E-state index is -0.199. The number of nitrogens with one attached hydrogen (secondary N) is 2. The van der Waals surface area contributed by atoms with E-state index < -0.39 is 0 Å². The number of rotatable bonds is 5. The van der Waals surface area contributed by atoms with E-state index in [0.717, 1.165) is 5.56 Å². The molecule has 0 aliphatic rings. The lowest BCUT2D eigenvalue weighted by Crippen LogP contribution is -2.13. The molecule has 3 rings (SSSR count). The Bertz CT molecular complexity index is 858. The Labute approximate surface area is 147 Å². The Morgan fingerprint density at radius 3 is 2.24 bits per heavy atom. The van der Waals surface area contributed by atoms with Crippen molar-refractivity contribution in [2.75, 3.05) is 10.6 Å². The van der Waals surface area contributed by atoms with Crippen molar-refractivity contribution < 1.29 is 4.79 Å². The van der Waals surface area contributed by atoms with Gasteiger partial charge in [-0.25, -0.2) is 0 Å². The van der Waals surface area contributed by atoms with Gasteiger partial charge in [0.1, 0.15) is 5.82 Å². The van der Waals surface area contributed by atoms with E-state index in [2.05, 4.69) is 39.9 Å². The Hall–Kier alpha value is -3.21. The van der Waals surface area contributed by atoms with E-state index in [-0.39, 0.29) is 5.91 Å². The first-order chi connectivity index (χ1) is 12.1. The van der Waals surface area contributed by atoms with Crippen molar-refractivity contribution >= 4 is 17.5 Å². The summed E-state index contributed by atoms with van der Waals surface area (Å²) in [6.07, 6.45) is 0. The quantitative estimate of drug-likeness (QED) is 0.742. The average Bonchev–Trinajstić information content (AvgIpc) is 2.63. The van der Waals surface area contributed by atoms with Crippen LogP contribution in [0.3, 0.4) is 0 Å². The summed E-state index contributed by atoms with van der Waals surface area (Å²) in [5.74, 6) is 0.888. The van der Waals surface area contributed by atoms with Gasteiger partial charge in [0.2, 0.25) is 0 Å². The predicted octanol–water partition coefficient (Wildman–Crippen LogP) is 3.96. The number of anilines is 2. The molecule has 3 aromatic rings. The van der Waals surface area contributed by atoms with Crippen LogP contribution < -0.4 is 10.6 Å². The maximum absolute atomic E-state index is 12.2. The van der Waals surface area contributed by atoms with Crippen LogP contribution in [0.1, 0.15) is 27.0 Å². The van der Waals surface area contributed by atoms with Gasteiger partial charge in [-0.1, -0.05) is 42.0 Å². The van der Waals surface area contributed by atoms with Gasteiger partial charge in [-0.05, 0) is 49.2 Å². The van der Waals surface area contributed by atoms with E-state index in [1.54, 1.807) is 24.3 Å². The van der Waals surface area contributed by atoms with Crippen LogP contribution in [0.25, 0.3) is 0 Å². The highest BCUT2D eigenvalue weighted by Crippen LogP contribution is 2.12. The average molecular weight is 332 g/mol. The summed E-state index contributed by atoms with van der Waals surface area (Å²) in [7, 11) is 0. The van der Waals surface area contributed by atoms with E-state index in [4.69, 9.17) is 0 Å². The number of aromatic nitrogens is 2. The molecule has 0 aliphatic carbocycles. The number of aryl methyl sites for hydroxylation is 2. The lowest BCUT2D eigenvalue weighted by Gasteiger charge is -2.08. The van der Waals surface area contributed by atoms with Gasteiger partial charge in [-0.3, -0.25) is 4.79 Å². The smallest absolute Gasteiger partial charge is 0.256 e. The Morgan fingerprint density at radius 2 is 1.56 bits per heavy atom. The summed E-state index contributed by atoms with van der Waals surface area (Å²) in [6, 6.07) is 19.1. The molecule has 126 valence electrons. The zero-order valence-corrected chi connectivity index (χ0v) is 14.3. The largest absolute Gasteiger partial charge is 0.364 e. The van der Waals surface area contributed by atoms with Crippen LogP contribution in [0.5, 0.6) is 0 Å². The van der Waals surface area contributed by atoms with Crippen LogP contribution in [-0.2, 0) is 6.54 Å². The molecule has 25 heavy (non-hydrogen) atoms. The molecule has 0 saturated carbocycles. The number of carbonyl (C=O) groups excluding carboxylic acids is 1. The highest BCUT2D eigenvalue weighted by Gasteiger charge is 2.07. The fourth-order valence-corrected chi connectivity index (χ4v) is 2.38. The zero-order chi connectivity index (χ0) is 17.6. The molecule has 2 N–H and O–H groups in total. The van der Waals surface area contributed by atoms with Crippen LogP contribution in [-0.4, -0.2) is 16.1 Å². The third-order valence-electron chi connectivity index (χ3n) is 3.94. The highest BCUT2D eigenvalue weighted by molar-refractivity contribution is 6.03. The molecule has 0 saturated heterocycles. The van der Waals surface area contributed by atoms with E-state index >= 15 is 0 Å². The van der Waals surface area contributed by atoms with Crippen molar-refractivity contribution in [1.82, 2.24) is 10.2 Å². The van der Waals surface area contributed by atoms with Crippen molar-refractivity contribution in [3.05, 3.63) is 82.9 Å². The molecule has 0 unspecified atom stereocenters. The third kappa shape index (κ3) is 4.41. The van der Waals surface area contributed by atoms with Gasteiger partial charge in [0.05, 0.1) is 0 Å². The molecule has 5 heteroatoms. The summed E-state index contributed by atoms with van der Waals surface area (Å²) < 4.78 is 0. The van der Waals surface area contributed by atoms with Crippen molar-refractivity contribution in [1.29, 1.82) is 0 Å². The number of carbonyl (C=O) groups is 1. The summed E-state index contributed by atoms with van der Waals surface area (Å²) in [6.45, 7) is 4.73. The molecule has 0 fully saturated rings. The molecule has 0 bridgehead atoms. The predicted molar refractivity (Wildman–Crippen MR) is 99.7 cm³/mol. The molecular formula is C20H20N4O. The Balaban J connectivity index is 1.59.